The van der Waals surface area contributed by atoms with Gasteiger partial charge in [0.1, 0.15) is 16.1 Å². The first-order valence-corrected chi connectivity index (χ1v) is 15.0. The lowest BCUT2D eigenvalue weighted by molar-refractivity contribution is 0.0694. The van der Waals surface area contributed by atoms with Gasteiger partial charge in [-0.15, -0.1) is 0 Å². The molecular weight excluding hydrogens is 565 g/mol. The van der Waals surface area contributed by atoms with Gasteiger partial charge in [-0.05, 0) is 50.2 Å². The molecule has 42 heavy (non-hydrogen) atoms. The van der Waals surface area contributed by atoms with Crippen LogP contribution in [0.2, 0.25) is 0 Å². The number of benzene rings is 3. The van der Waals surface area contributed by atoms with E-state index < -0.39 is 27.3 Å². The number of carbonyl (C=O) groups is 1. The molecule has 1 saturated heterocycles. The Labute approximate surface area is 242 Å². The number of rotatable bonds is 6. The van der Waals surface area contributed by atoms with Gasteiger partial charge < -0.3 is 24.6 Å². The van der Waals surface area contributed by atoms with Crippen LogP contribution < -0.4 is 20.4 Å². The lowest BCUT2D eigenvalue weighted by atomic mass is 10.0. The molecule has 3 aromatic carbocycles. The number of piperidine rings is 1. The van der Waals surface area contributed by atoms with E-state index in [1.54, 1.807) is 34.9 Å². The van der Waals surface area contributed by atoms with Crippen molar-refractivity contribution in [3.63, 3.8) is 0 Å². The largest absolute Gasteiger partial charge is 0.492 e. The van der Waals surface area contributed by atoms with Gasteiger partial charge >= 0.3 is 5.97 Å². The minimum atomic E-state index is -4.13. The lowest BCUT2D eigenvalue weighted by Crippen LogP contribution is -2.45. The van der Waals surface area contributed by atoms with Gasteiger partial charge in [-0.25, -0.2) is 9.18 Å². The number of hydrogen-bond donors (Lipinski definition) is 3. The zero-order valence-electron chi connectivity index (χ0n) is 23.2. The third-order valence-corrected chi connectivity index (χ3v) is 8.66. The van der Waals surface area contributed by atoms with Crippen LogP contribution in [0.3, 0.4) is 0 Å². The van der Waals surface area contributed by atoms with Crippen LogP contribution in [0.15, 0.2) is 64.4 Å². The average Bonchev–Trinajstić information content (AvgIpc) is 3.82. The topological polar surface area (TPSA) is 138 Å². The van der Waals surface area contributed by atoms with Crippen LogP contribution >= 0.6 is 0 Å². The summed E-state index contributed by atoms with van der Waals surface area (Å²) in [5.74, 6) is -1.58. The number of carboxylic acids is 1. The van der Waals surface area contributed by atoms with Crippen LogP contribution in [0.4, 0.5) is 10.1 Å². The van der Waals surface area contributed by atoms with E-state index >= 15 is 4.39 Å². The van der Waals surface area contributed by atoms with Gasteiger partial charge in [0, 0.05) is 36.8 Å². The zero-order chi connectivity index (χ0) is 30.2. The Morgan fingerprint density at radius 1 is 1.10 bits per heavy atom. The summed E-state index contributed by atoms with van der Waals surface area (Å²) < 4.78 is 53.6. The number of pyridine rings is 1. The fourth-order valence-corrected chi connectivity index (χ4v) is 6.28. The number of halogens is 1. The highest BCUT2D eigenvalue weighted by Crippen LogP contribution is 2.44. The van der Waals surface area contributed by atoms with Crippen LogP contribution in [0, 0.1) is 5.82 Å². The Morgan fingerprint density at radius 2 is 1.81 bits per heavy atom. The standard InChI is InChI=1S/C20H24FN3O4.C10H8O3S/c1-22-11-4-3-7-23(9-11)17-15(21)8-13-16(19(17)28-2)24(12-5-6-12)10-14(18(13)25)20(26)27;11-14(12,13)10-7-3-5-8-4-1-2-6-9(8)10/h8,10-12,22H,3-7,9H2,1-2H3,(H,26,27);1-7H,(H,11,12,13). The SMILES string of the molecule is CNC1CCCN(c2c(F)cc3c(=O)c(C(=O)O)cn(C4CC4)c3c2OC)C1.O=S(=O)(O)c1cccc2ccccc12. The first kappa shape index (κ1) is 29.5. The van der Waals surface area contributed by atoms with Crippen LogP contribution in [-0.2, 0) is 10.1 Å². The number of anilines is 1. The molecule has 0 radical (unpaired) electrons. The molecule has 1 saturated carbocycles. The Morgan fingerprint density at radius 3 is 2.45 bits per heavy atom. The molecular formula is C30H32FN3O7S. The second kappa shape index (κ2) is 11.7. The maximum Gasteiger partial charge on any atom is 0.341 e. The molecule has 2 aliphatic rings. The minimum Gasteiger partial charge on any atom is -0.492 e. The highest BCUT2D eigenvalue weighted by Gasteiger charge is 2.32. The Bertz CT molecular complexity index is 1830. The number of ether oxygens (including phenoxy) is 1. The Hall–Kier alpha value is -4.00. The molecule has 2 heterocycles. The van der Waals surface area contributed by atoms with Crippen molar-refractivity contribution in [2.24, 2.45) is 0 Å². The summed E-state index contributed by atoms with van der Waals surface area (Å²) in [6.07, 6.45) is 5.08. The summed E-state index contributed by atoms with van der Waals surface area (Å²) in [4.78, 5) is 26.2. The molecule has 6 rings (SSSR count). The van der Waals surface area contributed by atoms with Crippen molar-refractivity contribution in [2.75, 3.05) is 32.1 Å². The fraction of sp³-hybridized carbons (Fsp3) is 0.333. The number of aromatic carboxylic acids is 1. The highest BCUT2D eigenvalue weighted by atomic mass is 32.2. The molecule has 2 fully saturated rings. The molecule has 222 valence electrons. The predicted molar refractivity (Wildman–Crippen MR) is 158 cm³/mol. The second-order valence-electron chi connectivity index (χ2n) is 10.5. The van der Waals surface area contributed by atoms with Gasteiger partial charge in [0.25, 0.3) is 10.1 Å². The van der Waals surface area contributed by atoms with Gasteiger partial charge in [0.05, 0.1) is 18.0 Å². The molecule has 0 bridgehead atoms. The minimum absolute atomic E-state index is 0.0457. The molecule has 1 aromatic heterocycles. The van der Waals surface area contributed by atoms with Crippen molar-refractivity contribution in [1.29, 1.82) is 0 Å². The van der Waals surface area contributed by atoms with Crippen molar-refractivity contribution in [1.82, 2.24) is 9.88 Å². The van der Waals surface area contributed by atoms with Crippen LogP contribution in [0.5, 0.6) is 5.75 Å². The number of likely N-dealkylation sites (N-methyl/N-ethyl adjacent to an activating group) is 1. The summed E-state index contributed by atoms with van der Waals surface area (Å²) in [6.45, 7) is 1.33. The number of hydrogen-bond acceptors (Lipinski definition) is 7. The molecule has 4 aromatic rings. The Balaban J connectivity index is 0.000000211. The predicted octanol–water partition coefficient (Wildman–Crippen LogP) is 4.46. The molecule has 1 atom stereocenters. The van der Waals surface area contributed by atoms with E-state index in [9.17, 15) is 23.1 Å². The fourth-order valence-electron chi connectivity index (χ4n) is 5.56. The molecule has 1 aliphatic heterocycles. The van der Waals surface area contributed by atoms with Crippen molar-refractivity contribution >= 4 is 43.5 Å². The van der Waals surface area contributed by atoms with Gasteiger partial charge in [-0.3, -0.25) is 9.35 Å². The van der Waals surface area contributed by atoms with Crippen LogP contribution in [0.1, 0.15) is 42.1 Å². The number of fused-ring (bicyclic) bond motifs is 2. The third kappa shape index (κ3) is 5.69. The van der Waals surface area contributed by atoms with E-state index in [1.165, 1.54) is 25.4 Å². The second-order valence-corrected chi connectivity index (χ2v) is 11.9. The van der Waals surface area contributed by atoms with Crippen molar-refractivity contribution < 1.29 is 32.0 Å². The summed E-state index contributed by atoms with van der Waals surface area (Å²) >= 11 is 0. The third-order valence-electron chi connectivity index (χ3n) is 7.75. The van der Waals surface area contributed by atoms with E-state index in [4.69, 9.17) is 9.29 Å². The van der Waals surface area contributed by atoms with Gasteiger partial charge in [-0.2, -0.15) is 8.42 Å². The average molecular weight is 598 g/mol. The van der Waals surface area contributed by atoms with Crippen molar-refractivity contribution in [2.45, 2.75) is 42.7 Å². The smallest absolute Gasteiger partial charge is 0.341 e. The van der Waals surface area contributed by atoms with Gasteiger partial charge in [0.2, 0.25) is 5.43 Å². The molecule has 1 unspecified atom stereocenters. The number of methoxy groups -OCH3 is 1. The normalized spacial score (nSPS) is 17.1. The number of carboxylic acid groups (broad SMARTS) is 1. The maximum absolute atomic E-state index is 15.2. The molecule has 3 N–H and O–H groups in total. The Kier molecular flexibility index (Phi) is 8.22. The maximum atomic E-state index is 15.2. The first-order chi connectivity index (χ1) is 20.0. The highest BCUT2D eigenvalue weighted by molar-refractivity contribution is 7.86. The van der Waals surface area contributed by atoms with E-state index in [-0.39, 0.29) is 27.9 Å². The lowest BCUT2D eigenvalue weighted by Gasteiger charge is -2.35. The summed E-state index contributed by atoms with van der Waals surface area (Å²) in [5, 5.41) is 14.0. The summed E-state index contributed by atoms with van der Waals surface area (Å²) in [6, 6.07) is 13.3. The number of nitrogens with zero attached hydrogens (tertiary/aromatic N) is 2. The zero-order valence-corrected chi connectivity index (χ0v) is 24.0. The molecule has 10 nitrogen and oxygen atoms in total. The van der Waals surface area contributed by atoms with E-state index in [0.717, 1.165) is 31.1 Å². The van der Waals surface area contributed by atoms with E-state index in [0.29, 0.717) is 35.4 Å². The van der Waals surface area contributed by atoms with Crippen molar-refractivity contribution in [3.05, 3.63) is 76.3 Å². The number of aromatic nitrogens is 1. The number of nitrogens with one attached hydrogen (secondary N) is 1. The first-order valence-electron chi connectivity index (χ1n) is 13.6. The summed E-state index contributed by atoms with van der Waals surface area (Å²) in [7, 11) is -0.778. The molecule has 0 amide bonds. The molecule has 0 spiro atoms. The monoisotopic (exact) mass is 597 g/mol. The quantitative estimate of drug-likeness (QED) is 0.275. The van der Waals surface area contributed by atoms with Crippen molar-refractivity contribution in [3.8, 4) is 5.75 Å². The van der Waals surface area contributed by atoms with Gasteiger partial charge in [0.15, 0.2) is 11.6 Å². The van der Waals surface area contributed by atoms with E-state index in [2.05, 4.69) is 5.32 Å². The summed E-state index contributed by atoms with van der Waals surface area (Å²) in [5.41, 5.74) is -0.216. The molecule has 12 heteroatoms. The van der Waals surface area contributed by atoms with Gasteiger partial charge in [-0.1, -0.05) is 36.4 Å². The van der Waals surface area contributed by atoms with Crippen LogP contribution in [0.25, 0.3) is 21.7 Å². The van der Waals surface area contributed by atoms with Crippen LogP contribution in [-0.4, -0.2) is 61.9 Å². The van der Waals surface area contributed by atoms with E-state index in [1.807, 2.05) is 18.0 Å². The molecule has 1 aliphatic carbocycles.